The summed E-state index contributed by atoms with van der Waals surface area (Å²) in [5, 5.41) is 0.119. The summed E-state index contributed by atoms with van der Waals surface area (Å²) in [6, 6.07) is 24.0. The van der Waals surface area contributed by atoms with Gasteiger partial charge in [-0.15, -0.1) is 0 Å². The minimum Gasteiger partial charge on any atom is -0.489 e. The SMILES string of the molecule is O=C1S/C(=C\c2cccc(OCc3ccccc3)c2)C(=O)N1c1cccc(Cl)c1. The average Bonchev–Trinajstić information content (AvgIpc) is 3.00. The predicted octanol–water partition coefficient (Wildman–Crippen LogP) is 6.16. The Bertz CT molecular complexity index is 1100. The molecule has 0 radical (unpaired) electrons. The molecular formula is C23H16ClNO3S. The second kappa shape index (κ2) is 8.55. The number of carbonyl (C=O) groups is 2. The van der Waals surface area contributed by atoms with Gasteiger partial charge in [-0.25, -0.2) is 4.90 Å². The molecule has 0 atom stereocenters. The van der Waals surface area contributed by atoms with Crippen molar-refractivity contribution in [3.8, 4) is 5.75 Å². The number of halogens is 1. The monoisotopic (exact) mass is 421 g/mol. The molecule has 4 nitrogen and oxygen atoms in total. The quantitative estimate of drug-likeness (QED) is 0.463. The molecule has 1 heterocycles. The number of carbonyl (C=O) groups excluding carboxylic acids is 2. The number of thioether (sulfide) groups is 1. The summed E-state index contributed by atoms with van der Waals surface area (Å²) in [4.78, 5) is 26.6. The Balaban J connectivity index is 1.52. The van der Waals surface area contributed by atoms with Crippen LogP contribution in [0.4, 0.5) is 10.5 Å². The van der Waals surface area contributed by atoms with E-state index in [1.54, 1.807) is 30.3 Å². The van der Waals surface area contributed by atoms with Crippen LogP contribution >= 0.6 is 23.4 Å². The zero-order chi connectivity index (χ0) is 20.2. The van der Waals surface area contributed by atoms with Crippen LogP contribution in [0.25, 0.3) is 6.08 Å². The van der Waals surface area contributed by atoms with E-state index in [0.717, 1.165) is 27.8 Å². The molecule has 0 saturated carbocycles. The minimum absolute atomic E-state index is 0.347. The van der Waals surface area contributed by atoms with Crippen molar-refractivity contribution in [2.45, 2.75) is 6.61 Å². The van der Waals surface area contributed by atoms with Crippen LogP contribution in [-0.2, 0) is 11.4 Å². The number of hydrogen-bond donors (Lipinski definition) is 0. The highest BCUT2D eigenvalue weighted by molar-refractivity contribution is 8.19. The van der Waals surface area contributed by atoms with Gasteiger partial charge in [0.25, 0.3) is 11.1 Å². The van der Waals surface area contributed by atoms with Gasteiger partial charge in [0.2, 0.25) is 0 Å². The highest BCUT2D eigenvalue weighted by atomic mass is 35.5. The molecule has 3 aromatic carbocycles. The zero-order valence-electron chi connectivity index (χ0n) is 15.2. The molecule has 0 aliphatic carbocycles. The molecule has 4 rings (SSSR count). The molecule has 2 amide bonds. The lowest BCUT2D eigenvalue weighted by Gasteiger charge is -2.12. The van der Waals surface area contributed by atoms with Crippen molar-refractivity contribution in [3.05, 3.63) is 99.9 Å². The van der Waals surface area contributed by atoms with Gasteiger partial charge in [0.05, 0.1) is 10.6 Å². The van der Waals surface area contributed by atoms with Crippen LogP contribution in [0.15, 0.2) is 83.8 Å². The van der Waals surface area contributed by atoms with Gasteiger partial charge in [0.15, 0.2) is 0 Å². The summed E-state index contributed by atoms with van der Waals surface area (Å²) >= 11 is 6.90. The maximum atomic E-state index is 12.8. The first-order valence-electron chi connectivity index (χ1n) is 8.90. The Morgan fingerprint density at radius 3 is 2.52 bits per heavy atom. The van der Waals surface area contributed by atoms with Crippen LogP contribution in [0.5, 0.6) is 5.75 Å². The largest absolute Gasteiger partial charge is 0.489 e. The van der Waals surface area contributed by atoms with E-state index in [0.29, 0.717) is 28.0 Å². The second-order valence-electron chi connectivity index (χ2n) is 6.34. The van der Waals surface area contributed by atoms with Gasteiger partial charge in [-0.05, 0) is 59.3 Å². The molecule has 1 aliphatic heterocycles. The molecule has 0 bridgehead atoms. The average molecular weight is 422 g/mol. The van der Waals surface area contributed by atoms with Gasteiger partial charge in [0.1, 0.15) is 12.4 Å². The standard InChI is InChI=1S/C23H16ClNO3S/c24-18-9-5-10-19(14-18)25-22(26)21(29-23(25)27)13-17-8-4-11-20(12-17)28-15-16-6-2-1-3-7-16/h1-14H,15H2/b21-13-. The number of amides is 2. The lowest BCUT2D eigenvalue weighted by Crippen LogP contribution is -2.27. The highest BCUT2D eigenvalue weighted by Gasteiger charge is 2.36. The first kappa shape index (κ1) is 19.3. The fraction of sp³-hybridized carbons (Fsp3) is 0.0435. The highest BCUT2D eigenvalue weighted by Crippen LogP contribution is 2.36. The fourth-order valence-corrected chi connectivity index (χ4v) is 3.92. The van der Waals surface area contributed by atoms with E-state index in [2.05, 4.69) is 0 Å². The molecule has 3 aromatic rings. The molecule has 1 aliphatic rings. The van der Waals surface area contributed by atoms with E-state index in [-0.39, 0.29) is 11.1 Å². The Labute approximate surface area is 177 Å². The molecule has 6 heteroatoms. The van der Waals surface area contributed by atoms with E-state index in [1.807, 2.05) is 54.6 Å². The Kier molecular flexibility index (Phi) is 5.69. The third-order valence-electron chi connectivity index (χ3n) is 4.26. The maximum absolute atomic E-state index is 12.8. The van der Waals surface area contributed by atoms with Crippen molar-refractivity contribution in [1.29, 1.82) is 0 Å². The van der Waals surface area contributed by atoms with E-state index < -0.39 is 0 Å². The van der Waals surface area contributed by atoms with E-state index in [4.69, 9.17) is 16.3 Å². The summed E-state index contributed by atoms with van der Waals surface area (Å²) in [7, 11) is 0. The smallest absolute Gasteiger partial charge is 0.298 e. The Hall–Kier alpha value is -3.02. The lowest BCUT2D eigenvalue weighted by molar-refractivity contribution is -0.113. The number of hydrogen-bond acceptors (Lipinski definition) is 4. The third-order valence-corrected chi connectivity index (χ3v) is 5.37. The van der Waals surface area contributed by atoms with Crippen molar-refractivity contribution in [1.82, 2.24) is 0 Å². The van der Waals surface area contributed by atoms with Gasteiger partial charge in [-0.2, -0.15) is 0 Å². The van der Waals surface area contributed by atoms with Gasteiger partial charge in [-0.3, -0.25) is 9.59 Å². The van der Waals surface area contributed by atoms with Crippen molar-refractivity contribution in [3.63, 3.8) is 0 Å². The number of rotatable bonds is 5. The molecule has 29 heavy (non-hydrogen) atoms. The van der Waals surface area contributed by atoms with E-state index in [9.17, 15) is 9.59 Å². The maximum Gasteiger partial charge on any atom is 0.298 e. The molecule has 0 spiro atoms. The topological polar surface area (TPSA) is 46.6 Å². The van der Waals surface area contributed by atoms with Crippen molar-refractivity contribution in [2.24, 2.45) is 0 Å². The zero-order valence-corrected chi connectivity index (χ0v) is 16.8. The molecule has 0 aromatic heterocycles. The van der Waals surface area contributed by atoms with Crippen LogP contribution in [0.1, 0.15) is 11.1 Å². The number of nitrogens with zero attached hydrogens (tertiary/aromatic N) is 1. The molecular weight excluding hydrogens is 406 g/mol. The molecule has 144 valence electrons. The van der Waals surface area contributed by atoms with Gasteiger partial charge < -0.3 is 4.74 Å². The first-order chi connectivity index (χ1) is 14.1. The van der Waals surface area contributed by atoms with Crippen molar-refractivity contribution in [2.75, 3.05) is 4.90 Å². The van der Waals surface area contributed by atoms with Crippen LogP contribution in [0, 0.1) is 0 Å². The van der Waals surface area contributed by atoms with Gasteiger partial charge in [-0.1, -0.05) is 60.1 Å². The van der Waals surface area contributed by atoms with Crippen LogP contribution in [-0.4, -0.2) is 11.1 Å². The summed E-state index contributed by atoms with van der Waals surface area (Å²) in [5.74, 6) is 0.328. The normalized spacial score (nSPS) is 15.2. The third kappa shape index (κ3) is 4.53. The lowest BCUT2D eigenvalue weighted by atomic mass is 10.2. The summed E-state index contributed by atoms with van der Waals surface area (Å²) in [5.41, 5.74) is 2.32. The van der Waals surface area contributed by atoms with Gasteiger partial charge >= 0.3 is 0 Å². The van der Waals surface area contributed by atoms with Gasteiger partial charge in [0, 0.05) is 5.02 Å². The van der Waals surface area contributed by atoms with Crippen LogP contribution in [0.3, 0.4) is 0 Å². The number of ether oxygens (including phenoxy) is 1. The first-order valence-corrected chi connectivity index (χ1v) is 10.1. The molecule has 1 saturated heterocycles. The van der Waals surface area contributed by atoms with Crippen molar-refractivity contribution >= 4 is 46.3 Å². The number of anilines is 1. The number of benzene rings is 3. The van der Waals surface area contributed by atoms with E-state index in [1.165, 1.54) is 0 Å². The Morgan fingerprint density at radius 2 is 1.72 bits per heavy atom. The Morgan fingerprint density at radius 1 is 0.931 bits per heavy atom. The minimum atomic E-state index is -0.363. The van der Waals surface area contributed by atoms with Crippen LogP contribution < -0.4 is 9.64 Å². The number of imide groups is 1. The summed E-state index contributed by atoms with van der Waals surface area (Å²) in [6.45, 7) is 0.454. The summed E-state index contributed by atoms with van der Waals surface area (Å²) < 4.78 is 5.84. The fourth-order valence-electron chi connectivity index (χ4n) is 2.89. The summed E-state index contributed by atoms with van der Waals surface area (Å²) in [6.07, 6.45) is 1.70. The van der Waals surface area contributed by atoms with Crippen molar-refractivity contribution < 1.29 is 14.3 Å². The van der Waals surface area contributed by atoms with Crippen LogP contribution in [0.2, 0.25) is 5.02 Å². The molecule has 1 fully saturated rings. The molecule has 0 N–H and O–H groups in total. The molecule has 0 unspecified atom stereocenters. The second-order valence-corrected chi connectivity index (χ2v) is 7.77. The van der Waals surface area contributed by atoms with E-state index >= 15 is 0 Å². The predicted molar refractivity (Wildman–Crippen MR) is 117 cm³/mol.